The van der Waals surface area contributed by atoms with Crippen LogP contribution in [0.5, 0.6) is 0 Å². The van der Waals surface area contributed by atoms with Gasteiger partial charge in [0.15, 0.2) is 0 Å². The number of benzene rings is 4. The maximum absolute atomic E-state index is 10.5. The van der Waals surface area contributed by atoms with Crippen molar-refractivity contribution in [3.63, 3.8) is 0 Å². The summed E-state index contributed by atoms with van der Waals surface area (Å²) in [5.41, 5.74) is 10.2. The molecule has 0 atom stereocenters. The molecule has 0 spiro atoms. The number of nitriles is 1. The van der Waals surface area contributed by atoms with Gasteiger partial charge >= 0.3 is 0 Å². The van der Waals surface area contributed by atoms with Gasteiger partial charge in [-0.15, -0.1) is 0 Å². The van der Waals surface area contributed by atoms with Gasteiger partial charge in [-0.25, -0.2) is 0 Å². The van der Waals surface area contributed by atoms with E-state index in [1.807, 2.05) is 0 Å². The molecular weight excluding hydrogens is 412 g/mol. The van der Waals surface area contributed by atoms with Gasteiger partial charge in [-0.3, -0.25) is 0 Å². The summed E-state index contributed by atoms with van der Waals surface area (Å²) in [6, 6.07) is 34.8. The molecule has 5 rings (SSSR count). The maximum Gasteiger partial charge on any atom is 0.102 e. The molecule has 0 N–H and O–H groups in total. The number of aryl methyl sites for hydroxylation is 1. The van der Waals surface area contributed by atoms with Crippen molar-refractivity contribution in [2.45, 2.75) is 32.6 Å². The molecule has 1 heterocycles. The first-order valence-corrected chi connectivity index (χ1v) is 12.3. The smallest absolute Gasteiger partial charge is 0.102 e. The summed E-state index contributed by atoms with van der Waals surface area (Å²) in [6.07, 6.45) is 4.36. The van der Waals surface area contributed by atoms with Crippen LogP contribution in [-0.4, -0.2) is 13.1 Å². The Bertz CT molecular complexity index is 1290. The first-order chi connectivity index (χ1) is 16.7. The van der Waals surface area contributed by atoms with Crippen molar-refractivity contribution in [3.8, 4) is 28.3 Å². The summed E-state index contributed by atoms with van der Waals surface area (Å²) in [5, 5.41) is 10.5. The second-order valence-corrected chi connectivity index (χ2v) is 9.23. The van der Waals surface area contributed by atoms with E-state index in [9.17, 15) is 5.26 Å². The summed E-state index contributed by atoms with van der Waals surface area (Å²) >= 11 is 0. The number of rotatable bonds is 5. The summed E-state index contributed by atoms with van der Waals surface area (Å²) in [5.74, 6) is 0. The van der Waals surface area contributed by atoms with Crippen molar-refractivity contribution in [2.24, 2.45) is 0 Å². The fourth-order valence-electron chi connectivity index (χ4n) is 5.10. The van der Waals surface area contributed by atoms with Crippen molar-refractivity contribution in [1.29, 1.82) is 5.26 Å². The monoisotopic (exact) mass is 442 g/mol. The van der Waals surface area contributed by atoms with E-state index in [2.05, 4.69) is 109 Å². The Morgan fingerprint density at radius 1 is 0.765 bits per heavy atom. The van der Waals surface area contributed by atoms with Crippen molar-refractivity contribution in [1.82, 2.24) is 0 Å². The molecule has 0 aliphatic carbocycles. The number of anilines is 1. The van der Waals surface area contributed by atoms with Crippen LogP contribution in [0, 0.1) is 18.3 Å². The zero-order chi connectivity index (χ0) is 23.3. The SMILES string of the molecule is Cc1ccc(-c2cc(N3CCCCC3)c(C#N)c(Cc3ccccc3)c2-c2ccccc2)cc1. The Balaban J connectivity index is 1.82. The quantitative estimate of drug-likeness (QED) is 0.315. The Morgan fingerprint density at radius 3 is 2.06 bits per heavy atom. The minimum absolute atomic E-state index is 0.731. The predicted octanol–water partition coefficient (Wildman–Crippen LogP) is 7.78. The minimum atomic E-state index is 0.731. The Hall–Kier alpha value is -3.83. The van der Waals surface area contributed by atoms with Gasteiger partial charge in [-0.2, -0.15) is 5.26 Å². The molecule has 0 bridgehead atoms. The third kappa shape index (κ3) is 4.47. The molecule has 0 saturated carbocycles. The zero-order valence-corrected chi connectivity index (χ0v) is 19.8. The molecule has 4 aromatic carbocycles. The Labute approximate surface area is 203 Å². The van der Waals surface area contributed by atoms with Crippen LogP contribution in [0.3, 0.4) is 0 Å². The van der Waals surface area contributed by atoms with E-state index in [4.69, 9.17) is 0 Å². The van der Waals surface area contributed by atoms with Crippen LogP contribution in [0.1, 0.15) is 41.5 Å². The van der Waals surface area contributed by atoms with Crippen molar-refractivity contribution in [2.75, 3.05) is 18.0 Å². The molecule has 0 unspecified atom stereocenters. The molecule has 0 radical (unpaired) electrons. The lowest BCUT2D eigenvalue weighted by Crippen LogP contribution is -2.30. The van der Waals surface area contributed by atoms with Gasteiger partial charge < -0.3 is 4.90 Å². The molecule has 2 nitrogen and oxygen atoms in total. The largest absolute Gasteiger partial charge is 0.370 e. The molecule has 1 aliphatic heterocycles. The first-order valence-electron chi connectivity index (χ1n) is 12.3. The molecule has 0 amide bonds. The molecule has 1 saturated heterocycles. The van der Waals surface area contributed by atoms with E-state index < -0.39 is 0 Å². The minimum Gasteiger partial charge on any atom is -0.370 e. The fourth-order valence-corrected chi connectivity index (χ4v) is 5.10. The van der Waals surface area contributed by atoms with Gasteiger partial charge in [0.2, 0.25) is 0 Å². The summed E-state index contributed by atoms with van der Waals surface area (Å²) < 4.78 is 0. The number of nitrogens with zero attached hydrogens (tertiary/aromatic N) is 2. The fraction of sp³-hybridized carbons (Fsp3) is 0.219. The molecule has 1 fully saturated rings. The lowest BCUT2D eigenvalue weighted by Gasteiger charge is -2.32. The molecule has 1 aliphatic rings. The van der Waals surface area contributed by atoms with Gasteiger partial charge in [0, 0.05) is 13.1 Å². The van der Waals surface area contributed by atoms with Gasteiger partial charge in [0.1, 0.15) is 6.07 Å². The summed E-state index contributed by atoms with van der Waals surface area (Å²) in [4.78, 5) is 2.43. The van der Waals surface area contributed by atoms with Crippen LogP contribution in [0.4, 0.5) is 5.69 Å². The second-order valence-electron chi connectivity index (χ2n) is 9.23. The first kappa shape index (κ1) is 22.0. The highest BCUT2D eigenvalue weighted by Gasteiger charge is 2.24. The Kier molecular flexibility index (Phi) is 6.45. The van der Waals surface area contributed by atoms with Gasteiger partial charge in [0.25, 0.3) is 0 Å². The molecule has 168 valence electrons. The third-order valence-corrected chi connectivity index (χ3v) is 6.87. The maximum atomic E-state index is 10.5. The molecule has 2 heteroatoms. The van der Waals surface area contributed by atoms with E-state index >= 15 is 0 Å². The van der Waals surface area contributed by atoms with Crippen LogP contribution in [0.2, 0.25) is 0 Å². The van der Waals surface area contributed by atoms with Crippen molar-refractivity contribution >= 4 is 5.69 Å². The number of hydrogen-bond acceptors (Lipinski definition) is 2. The lowest BCUT2D eigenvalue weighted by atomic mass is 9.84. The number of piperidine rings is 1. The van der Waals surface area contributed by atoms with Crippen LogP contribution in [-0.2, 0) is 6.42 Å². The third-order valence-electron chi connectivity index (χ3n) is 6.87. The highest BCUT2D eigenvalue weighted by Crippen LogP contribution is 2.42. The van der Waals surface area contributed by atoms with E-state index in [1.165, 1.54) is 47.1 Å². The van der Waals surface area contributed by atoms with Crippen LogP contribution in [0.25, 0.3) is 22.3 Å². The predicted molar refractivity (Wildman–Crippen MR) is 142 cm³/mol. The highest BCUT2D eigenvalue weighted by molar-refractivity contribution is 5.91. The van der Waals surface area contributed by atoms with Gasteiger partial charge in [-0.1, -0.05) is 90.5 Å². The standard InChI is InChI=1S/C32H30N2/c1-24-15-17-26(18-16-24)28-22-31(34-19-9-4-10-20-34)30(23-33)29(21-25-11-5-2-6-12-25)32(28)27-13-7-3-8-14-27/h2-3,5-8,11-18,22H,4,9-10,19-21H2,1H3. The topological polar surface area (TPSA) is 27.0 Å². The van der Waals surface area contributed by atoms with E-state index in [0.29, 0.717) is 0 Å². The molecule has 0 aromatic heterocycles. The second kappa shape index (κ2) is 9.98. The normalized spacial score (nSPS) is 13.5. The highest BCUT2D eigenvalue weighted by atomic mass is 15.1. The van der Waals surface area contributed by atoms with Gasteiger partial charge in [-0.05, 0) is 72.1 Å². The summed E-state index contributed by atoms with van der Waals surface area (Å²) in [7, 11) is 0. The Morgan fingerprint density at radius 2 is 1.41 bits per heavy atom. The molecular formula is C32H30N2. The molecule has 4 aromatic rings. The summed E-state index contributed by atoms with van der Waals surface area (Å²) in [6.45, 7) is 4.15. The number of hydrogen-bond donors (Lipinski definition) is 0. The van der Waals surface area contributed by atoms with E-state index in [0.717, 1.165) is 41.9 Å². The average Bonchev–Trinajstić information content (AvgIpc) is 2.90. The van der Waals surface area contributed by atoms with Crippen molar-refractivity contribution in [3.05, 3.63) is 113 Å². The average molecular weight is 443 g/mol. The van der Waals surface area contributed by atoms with Crippen molar-refractivity contribution < 1.29 is 0 Å². The van der Waals surface area contributed by atoms with E-state index in [-0.39, 0.29) is 0 Å². The van der Waals surface area contributed by atoms with Crippen LogP contribution >= 0.6 is 0 Å². The zero-order valence-electron chi connectivity index (χ0n) is 19.8. The lowest BCUT2D eigenvalue weighted by molar-refractivity contribution is 0.577. The molecule has 34 heavy (non-hydrogen) atoms. The van der Waals surface area contributed by atoms with E-state index in [1.54, 1.807) is 0 Å². The van der Waals surface area contributed by atoms with Gasteiger partial charge in [0.05, 0.1) is 11.3 Å². The van der Waals surface area contributed by atoms with Crippen LogP contribution < -0.4 is 4.90 Å². The van der Waals surface area contributed by atoms with Crippen LogP contribution in [0.15, 0.2) is 91.0 Å².